The average Bonchev–Trinajstić information content (AvgIpc) is 3.27. The van der Waals surface area contributed by atoms with Crippen LogP contribution >= 0.6 is 0 Å². The van der Waals surface area contributed by atoms with Crippen molar-refractivity contribution in [2.75, 3.05) is 0 Å². The quantitative estimate of drug-likeness (QED) is 0.646. The first-order valence-corrected chi connectivity index (χ1v) is 9.93. The van der Waals surface area contributed by atoms with Gasteiger partial charge < -0.3 is 9.73 Å². The van der Waals surface area contributed by atoms with Crippen LogP contribution in [0.2, 0.25) is 0 Å². The molecule has 6 heteroatoms. The van der Waals surface area contributed by atoms with E-state index < -0.39 is 11.6 Å². The zero-order chi connectivity index (χ0) is 21.5. The second kappa shape index (κ2) is 7.13. The lowest BCUT2D eigenvalue weighted by Gasteiger charge is -2.24. The van der Waals surface area contributed by atoms with Gasteiger partial charge in [-0.15, -0.1) is 0 Å². The number of benzene rings is 2. The molecule has 1 saturated heterocycles. The maximum atomic E-state index is 13.2. The van der Waals surface area contributed by atoms with Crippen LogP contribution in [0.1, 0.15) is 44.5 Å². The molecule has 1 aromatic heterocycles. The van der Waals surface area contributed by atoms with Gasteiger partial charge in [0, 0.05) is 5.56 Å². The number of hydrogen-bond acceptors (Lipinski definition) is 4. The minimum atomic E-state index is -1.11. The third-order valence-corrected chi connectivity index (χ3v) is 5.50. The largest absolute Gasteiger partial charge is 0.444 e. The molecule has 6 nitrogen and oxygen atoms in total. The van der Waals surface area contributed by atoms with Crippen LogP contribution in [0, 0.1) is 0 Å². The third-order valence-electron chi connectivity index (χ3n) is 5.50. The fourth-order valence-electron chi connectivity index (χ4n) is 3.59. The Bertz CT molecular complexity index is 1080. The number of urea groups is 1. The summed E-state index contributed by atoms with van der Waals surface area (Å²) in [4.78, 5) is 31.4. The summed E-state index contributed by atoms with van der Waals surface area (Å²) in [6, 6.07) is 16.9. The van der Waals surface area contributed by atoms with Crippen molar-refractivity contribution in [3.63, 3.8) is 0 Å². The van der Waals surface area contributed by atoms with E-state index in [2.05, 4.69) is 31.1 Å². The fourth-order valence-corrected chi connectivity index (χ4v) is 3.59. The Labute approximate surface area is 175 Å². The second-order valence-corrected chi connectivity index (χ2v) is 8.78. The van der Waals surface area contributed by atoms with Gasteiger partial charge in [0.15, 0.2) is 0 Å². The molecular formula is C24H25N3O3. The molecule has 4 rings (SSSR count). The number of rotatable bonds is 4. The van der Waals surface area contributed by atoms with Crippen LogP contribution in [0.3, 0.4) is 0 Å². The number of imide groups is 1. The lowest BCUT2D eigenvalue weighted by Crippen LogP contribution is -2.40. The summed E-state index contributed by atoms with van der Waals surface area (Å²) in [6.45, 7) is 8.19. The monoisotopic (exact) mass is 403 g/mol. The Balaban J connectivity index is 1.55. The van der Waals surface area contributed by atoms with Crippen molar-refractivity contribution in [3.8, 4) is 11.5 Å². The number of aromatic nitrogens is 1. The second-order valence-electron chi connectivity index (χ2n) is 8.78. The molecule has 1 N–H and O–H groups in total. The number of amides is 3. The van der Waals surface area contributed by atoms with Gasteiger partial charge in [-0.05, 0) is 35.6 Å². The first-order chi connectivity index (χ1) is 14.2. The normalized spacial score (nSPS) is 19.3. The van der Waals surface area contributed by atoms with Crippen molar-refractivity contribution in [1.82, 2.24) is 15.2 Å². The van der Waals surface area contributed by atoms with Gasteiger partial charge in [-0.2, -0.15) is 0 Å². The van der Waals surface area contributed by atoms with Crippen LogP contribution in [0.15, 0.2) is 65.3 Å². The van der Waals surface area contributed by atoms with Gasteiger partial charge in [0.1, 0.15) is 11.8 Å². The topological polar surface area (TPSA) is 75.4 Å². The van der Waals surface area contributed by atoms with Gasteiger partial charge in [0.25, 0.3) is 5.91 Å². The fraction of sp³-hybridized carbons (Fsp3) is 0.292. The summed E-state index contributed by atoms with van der Waals surface area (Å²) in [5.74, 6) is 0.151. The van der Waals surface area contributed by atoms with Crippen LogP contribution in [0.5, 0.6) is 0 Å². The molecule has 1 atom stereocenters. The van der Waals surface area contributed by atoms with Gasteiger partial charge in [-0.25, -0.2) is 9.78 Å². The lowest BCUT2D eigenvalue weighted by atomic mass is 9.84. The van der Waals surface area contributed by atoms with E-state index >= 15 is 0 Å². The molecular weight excluding hydrogens is 378 g/mol. The molecule has 0 spiro atoms. The Hall–Kier alpha value is -3.41. The number of carbonyl (C=O) groups is 2. The molecule has 3 aromatic rings. The van der Waals surface area contributed by atoms with E-state index in [1.165, 1.54) is 16.7 Å². The minimum Gasteiger partial charge on any atom is -0.444 e. The zero-order valence-corrected chi connectivity index (χ0v) is 17.6. The van der Waals surface area contributed by atoms with E-state index in [4.69, 9.17) is 4.42 Å². The highest BCUT2D eigenvalue weighted by Crippen LogP contribution is 2.32. The van der Waals surface area contributed by atoms with Crippen LogP contribution in [-0.4, -0.2) is 21.8 Å². The maximum Gasteiger partial charge on any atom is 0.325 e. The van der Waals surface area contributed by atoms with E-state index in [0.717, 1.165) is 11.1 Å². The first-order valence-electron chi connectivity index (χ1n) is 9.93. The molecule has 2 heterocycles. The van der Waals surface area contributed by atoms with Crippen molar-refractivity contribution in [1.29, 1.82) is 0 Å². The van der Waals surface area contributed by atoms with Gasteiger partial charge in [-0.1, -0.05) is 63.2 Å². The molecule has 2 aromatic carbocycles. The number of oxazole rings is 1. The van der Waals surface area contributed by atoms with Crippen molar-refractivity contribution in [2.24, 2.45) is 0 Å². The molecule has 154 valence electrons. The number of nitrogens with one attached hydrogen (secondary N) is 1. The maximum absolute atomic E-state index is 13.2. The zero-order valence-electron chi connectivity index (χ0n) is 17.6. The van der Waals surface area contributed by atoms with Gasteiger partial charge in [-0.3, -0.25) is 9.69 Å². The van der Waals surface area contributed by atoms with Crippen LogP contribution < -0.4 is 5.32 Å². The van der Waals surface area contributed by atoms with Crippen molar-refractivity contribution >= 4 is 11.9 Å². The van der Waals surface area contributed by atoms with Crippen molar-refractivity contribution < 1.29 is 14.0 Å². The molecule has 0 aliphatic carbocycles. The molecule has 0 saturated carbocycles. The Morgan fingerprint density at radius 3 is 2.33 bits per heavy atom. The van der Waals surface area contributed by atoms with Crippen molar-refractivity contribution in [2.45, 2.75) is 45.2 Å². The number of nitrogens with zero attached hydrogens (tertiary/aromatic N) is 2. The average molecular weight is 403 g/mol. The Morgan fingerprint density at radius 2 is 1.70 bits per heavy atom. The van der Waals surface area contributed by atoms with Gasteiger partial charge >= 0.3 is 6.03 Å². The van der Waals surface area contributed by atoms with Crippen LogP contribution in [0.4, 0.5) is 4.79 Å². The Kier molecular flexibility index (Phi) is 4.73. The molecule has 0 radical (unpaired) electrons. The lowest BCUT2D eigenvalue weighted by molar-refractivity contribution is -0.131. The predicted octanol–water partition coefficient (Wildman–Crippen LogP) is 4.61. The third kappa shape index (κ3) is 3.49. The van der Waals surface area contributed by atoms with E-state index in [9.17, 15) is 9.59 Å². The van der Waals surface area contributed by atoms with Crippen LogP contribution in [0.25, 0.3) is 11.5 Å². The number of hydrogen-bond donors (Lipinski definition) is 1. The number of carbonyl (C=O) groups excluding carboxylic acids is 2. The molecule has 0 bridgehead atoms. The van der Waals surface area contributed by atoms with Gasteiger partial charge in [0.05, 0.1) is 12.2 Å². The van der Waals surface area contributed by atoms with E-state index in [1.54, 1.807) is 6.92 Å². The smallest absolute Gasteiger partial charge is 0.325 e. The summed E-state index contributed by atoms with van der Waals surface area (Å²) in [6.07, 6.45) is 1.48. The molecule has 1 fully saturated rings. The van der Waals surface area contributed by atoms with E-state index in [0.29, 0.717) is 11.6 Å². The van der Waals surface area contributed by atoms with Crippen molar-refractivity contribution in [3.05, 3.63) is 77.7 Å². The molecule has 1 aliphatic heterocycles. The standard InChI is InChI=1S/C24H25N3O3/c1-23(2,3)17-10-12-18(13-11-17)24(4)21(28)27(22(29)26-24)14-19-15-30-20(25-19)16-8-6-5-7-9-16/h5-13,15H,14H2,1-4H3,(H,26,29). The summed E-state index contributed by atoms with van der Waals surface area (Å²) in [5, 5.41) is 2.84. The summed E-state index contributed by atoms with van der Waals surface area (Å²) in [7, 11) is 0. The van der Waals surface area contributed by atoms with E-state index in [1.807, 2.05) is 54.6 Å². The highest BCUT2D eigenvalue weighted by molar-refractivity contribution is 6.07. The first kappa shape index (κ1) is 19.9. The van der Waals surface area contributed by atoms with Gasteiger partial charge in [0.2, 0.25) is 5.89 Å². The summed E-state index contributed by atoms with van der Waals surface area (Å²) >= 11 is 0. The summed E-state index contributed by atoms with van der Waals surface area (Å²) < 4.78 is 5.53. The van der Waals surface area contributed by atoms with Crippen LogP contribution in [-0.2, 0) is 22.3 Å². The molecule has 1 unspecified atom stereocenters. The molecule has 1 aliphatic rings. The predicted molar refractivity (Wildman–Crippen MR) is 114 cm³/mol. The minimum absolute atomic E-state index is 0.0117. The Morgan fingerprint density at radius 1 is 1.03 bits per heavy atom. The highest BCUT2D eigenvalue weighted by atomic mass is 16.3. The SMILES string of the molecule is CC(C)(C)c1ccc(C2(C)NC(=O)N(Cc3coc(-c4ccccc4)n3)C2=O)cc1. The molecule has 30 heavy (non-hydrogen) atoms. The highest BCUT2D eigenvalue weighted by Gasteiger charge is 2.49. The molecule has 3 amide bonds. The summed E-state index contributed by atoms with van der Waals surface area (Å²) in [5.41, 5.74) is 2.17. The van der Waals surface area contributed by atoms with E-state index in [-0.39, 0.29) is 17.9 Å².